The van der Waals surface area contributed by atoms with Crippen LogP contribution in [0.5, 0.6) is 0 Å². The predicted molar refractivity (Wildman–Crippen MR) is 93.1 cm³/mol. The number of carbonyl (C=O) groups is 2. The summed E-state index contributed by atoms with van der Waals surface area (Å²) in [7, 11) is 0. The zero-order valence-electron chi connectivity index (χ0n) is 13.9. The zero-order valence-corrected chi connectivity index (χ0v) is 14.7. The molecule has 0 radical (unpaired) electrons. The number of alkyl halides is 3. The maximum absolute atomic E-state index is 13.2. The van der Waals surface area contributed by atoms with E-state index in [2.05, 4.69) is 5.32 Å². The highest BCUT2D eigenvalue weighted by Gasteiger charge is 2.37. The van der Waals surface area contributed by atoms with E-state index in [0.29, 0.717) is 18.4 Å². The lowest BCUT2D eigenvalue weighted by Gasteiger charge is -2.20. The molecule has 1 aliphatic rings. The molecule has 2 aromatic carbocycles. The van der Waals surface area contributed by atoms with Crippen molar-refractivity contribution in [3.8, 4) is 0 Å². The number of rotatable bonds is 5. The van der Waals surface area contributed by atoms with E-state index in [9.17, 15) is 22.8 Å². The molecule has 0 unspecified atom stereocenters. The number of esters is 1. The molecule has 1 N–H and O–H groups in total. The largest absolute Gasteiger partial charge is 0.447 e. The molecule has 0 spiro atoms. The fourth-order valence-electron chi connectivity index (χ4n) is 2.49. The number of anilines is 1. The normalized spacial score (nSPS) is 15.1. The maximum atomic E-state index is 13.2. The van der Waals surface area contributed by atoms with Gasteiger partial charge < -0.3 is 10.1 Å². The van der Waals surface area contributed by atoms with Crippen LogP contribution in [-0.4, -0.2) is 11.9 Å². The lowest BCUT2D eigenvalue weighted by Crippen LogP contribution is -2.27. The van der Waals surface area contributed by atoms with E-state index in [-0.39, 0.29) is 10.9 Å². The number of benzene rings is 2. The van der Waals surface area contributed by atoms with Crippen molar-refractivity contribution in [3.05, 3.63) is 64.7 Å². The third-order valence-electron chi connectivity index (χ3n) is 4.03. The minimum atomic E-state index is -4.71. The van der Waals surface area contributed by atoms with Crippen molar-refractivity contribution in [1.82, 2.24) is 0 Å². The van der Waals surface area contributed by atoms with Crippen molar-refractivity contribution >= 4 is 29.2 Å². The SMILES string of the molecule is O=C(O[C@@H](C(=O)Nc1ccc(Cl)cc1C(F)(F)F)c1ccccc1)C1CC1. The van der Waals surface area contributed by atoms with Gasteiger partial charge in [-0.1, -0.05) is 41.9 Å². The lowest BCUT2D eigenvalue weighted by atomic mass is 10.1. The first-order chi connectivity index (χ1) is 12.8. The molecule has 1 aliphatic carbocycles. The average Bonchev–Trinajstić information content (AvgIpc) is 3.46. The van der Waals surface area contributed by atoms with Crippen molar-refractivity contribution in [2.24, 2.45) is 5.92 Å². The molecule has 8 heteroatoms. The van der Waals surface area contributed by atoms with Crippen LogP contribution in [0.15, 0.2) is 48.5 Å². The number of hydrogen-bond donors (Lipinski definition) is 1. The van der Waals surface area contributed by atoms with Gasteiger partial charge in [0.25, 0.3) is 5.91 Å². The van der Waals surface area contributed by atoms with E-state index in [0.717, 1.165) is 12.1 Å². The summed E-state index contributed by atoms with van der Waals surface area (Å²) in [5, 5.41) is 2.10. The number of nitrogens with one attached hydrogen (secondary N) is 1. The van der Waals surface area contributed by atoms with Crippen molar-refractivity contribution < 1.29 is 27.5 Å². The van der Waals surface area contributed by atoms with E-state index in [1.54, 1.807) is 30.3 Å². The maximum Gasteiger partial charge on any atom is 0.418 e. The topological polar surface area (TPSA) is 55.4 Å². The van der Waals surface area contributed by atoms with Gasteiger partial charge in [0.1, 0.15) is 0 Å². The summed E-state index contributed by atoms with van der Waals surface area (Å²) < 4.78 is 45.0. The minimum absolute atomic E-state index is 0.111. The lowest BCUT2D eigenvalue weighted by molar-refractivity contribution is -0.156. The highest BCUT2D eigenvalue weighted by atomic mass is 35.5. The highest BCUT2D eigenvalue weighted by molar-refractivity contribution is 6.30. The molecule has 0 bridgehead atoms. The second-order valence-corrected chi connectivity index (χ2v) is 6.62. The second kappa shape index (κ2) is 7.60. The van der Waals surface area contributed by atoms with Crippen molar-refractivity contribution in [2.75, 3.05) is 5.32 Å². The molecule has 3 rings (SSSR count). The van der Waals surface area contributed by atoms with Crippen LogP contribution in [0, 0.1) is 5.92 Å². The Hall–Kier alpha value is -2.54. The summed E-state index contributed by atoms with van der Waals surface area (Å²) in [5.74, 6) is -1.67. The molecule has 0 saturated heterocycles. The standard InChI is InChI=1S/C19H15ClF3NO3/c20-13-8-9-15(14(10-13)19(21,22)23)24-17(25)16(11-4-2-1-3-5-11)27-18(26)12-6-7-12/h1-5,8-10,12,16H,6-7H2,(H,24,25)/t16-/m1/s1. The van der Waals surface area contributed by atoms with Crippen molar-refractivity contribution in [2.45, 2.75) is 25.1 Å². The monoisotopic (exact) mass is 397 g/mol. The summed E-state index contributed by atoms with van der Waals surface area (Å²) in [5.41, 5.74) is -1.17. The Balaban J connectivity index is 1.88. The molecular weight excluding hydrogens is 383 g/mol. The van der Waals surface area contributed by atoms with E-state index in [4.69, 9.17) is 16.3 Å². The fourth-order valence-corrected chi connectivity index (χ4v) is 2.66. The van der Waals surface area contributed by atoms with Gasteiger partial charge in [0.2, 0.25) is 6.10 Å². The fraction of sp³-hybridized carbons (Fsp3) is 0.263. The molecule has 1 saturated carbocycles. The molecule has 1 fully saturated rings. The number of hydrogen-bond acceptors (Lipinski definition) is 3. The van der Waals surface area contributed by atoms with Crippen LogP contribution in [0.4, 0.5) is 18.9 Å². The number of carbonyl (C=O) groups excluding carboxylic acids is 2. The Morgan fingerprint density at radius 1 is 1.11 bits per heavy atom. The Morgan fingerprint density at radius 2 is 1.78 bits per heavy atom. The van der Waals surface area contributed by atoms with Crippen LogP contribution in [0.2, 0.25) is 5.02 Å². The average molecular weight is 398 g/mol. The summed E-state index contributed by atoms with van der Waals surface area (Å²) in [6, 6.07) is 11.2. The van der Waals surface area contributed by atoms with Gasteiger partial charge in [0, 0.05) is 10.6 Å². The molecule has 1 amide bonds. The Morgan fingerprint density at radius 3 is 2.37 bits per heavy atom. The molecule has 0 aromatic heterocycles. The van der Waals surface area contributed by atoms with Gasteiger partial charge in [0.15, 0.2) is 0 Å². The summed E-state index contributed by atoms with van der Waals surface area (Å²) in [4.78, 5) is 24.7. The van der Waals surface area contributed by atoms with Crippen LogP contribution in [-0.2, 0) is 20.5 Å². The third kappa shape index (κ3) is 4.80. The second-order valence-electron chi connectivity index (χ2n) is 6.18. The first-order valence-corrected chi connectivity index (χ1v) is 8.56. The number of halogens is 4. The first kappa shape index (κ1) is 19.2. The van der Waals surface area contributed by atoms with Gasteiger partial charge in [-0.3, -0.25) is 9.59 Å². The van der Waals surface area contributed by atoms with Gasteiger partial charge in [-0.2, -0.15) is 13.2 Å². The van der Waals surface area contributed by atoms with Crippen molar-refractivity contribution in [1.29, 1.82) is 0 Å². The Labute approximate surface area is 158 Å². The van der Waals surface area contributed by atoms with Gasteiger partial charge >= 0.3 is 12.1 Å². The summed E-state index contributed by atoms with van der Waals surface area (Å²) >= 11 is 5.65. The molecule has 2 aromatic rings. The predicted octanol–water partition coefficient (Wildman–Crippen LogP) is 4.99. The van der Waals surface area contributed by atoms with Gasteiger partial charge in [-0.05, 0) is 31.0 Å². The smallest absolute Gasteiger partial charge is 0.418 e. The van der Waals surface area contributed by atoms with Gasteiger partial charge in [0.05, 0.1) is 17.2 Å². The van der Waals surface area contributed by atoms with Crippen LogP contribution in [0.3, 0.4) is 0 Å². The Bertz CT molecular complexity index is 851. The van der Waals surface area contributed by atoms with E-state index < -0.39 is 35.4 Å². The Kier molecular flexibility index (Phi) is 5.41. The molecule has 27 heavy (non-hydrogen) atoms. The van der Waals surface area contributed by atoms with Crippen LogP contribution in [0.25, 0.3) is 0 Å². The van der Waals surface area contributed by atoms with E-state index in [1.165, 1.54) is 6.07 Å². The molecule has 0 aliphatic heterocycles. The van der Waals surface area contributed by atoms with Crippen LogP contribution in [0.1, 0.15) is 30.1 Å². The van der Waals surface area contributed by atoms with Gasteiger partial charge in [-0.15, -0.1) is 0 Å². The molecule has 142 valence electrons. The molecule has 4 nitrogen and oxygen atoms in total. The van der Waals surface area contributed by atoms with Crippen molar-refractivity contribution in [3.63, 3.8) is 0 Å². The number of amides is 1. The quantitative estimate of drug-likeness (QED) is 0.723. The summed E-state index contributed by atoms with van der Waals surface area (Å²) in [6.07, 6.45) is -4.70. The van der Waals surface area contributed by atoms with E-state index >= 15 is 0 Å². The number of ether oxygens (including phenoxy) is 1. The van der Waals surface area contributed by atoms with Crippen LogP contribution < -0.4 is 5.32 Å². The zero-order chi connectivity index (χ0) is 19.6. The summed E-state index contributed by atoms with van der Waals surface area (Å²) in [6.45, 7) is 0. The highest BCUT2D eigenvalue weighted by Crippen LogP contribution is 2.37. The third-order valence-corrected chi connectivity index (χ3v) is 4.27. The molecular formula is C19H15ClF3NO3. The van der Waals surface area contributed by atoms with E-state index in [1.807, 2.05) is 0 Å². The van der Waals surface area contributed by atoms with Crippen LogP contribution >= 0.6 is 11.6 Å². The van der Waals surface area contributed by atoms with Gasteiger partial charge in [-0.25, -0.2) is 0 Å². The minimum Gasteiger partial charge on any atom is -0.447 e. The molecule has 1 atom stereocenters. The molecule has 0 heterocycles. The first-order valence-electron chi connectivity index (χ1n) is 8.19.